The number of hydrogen-bond donors (Lipinski definition) is 1. The highest BCUT2D eigenvalue weighted by Crippen LogP contribution is 2.45. The number of nitriles is 1. The topological polar surface area (TPSA) is 112 Å². The highest BCUT2D eigenvalue weighted by atomic mass is 19.4. The molecule has 2 aliphatic heterocycles. The zero-order valence-corrected chi connectivity index (χ0v) is 20.7. The molecule has 4 amide bonds. The summed E-state index contributed by atoms with van der Waals surface area (Å²) in [6.07, 6.45) is -5.01. The van der Waals surface area contributed by atoms with Gasteiger partial charge in [-0.1, -0.05) is 18.2 Å². The Balaban J connectivity index is 1.65. The van der Waals surface area contributed by atoms with Gasteiger partial charge in [0.25, 0.3) is 0 Å². The first kappa shape index (κ1) is 26.4. The van der Waals surface area contributed by atoms with Crippen molar-refractivity contribution in [2.45, 2.75) is 37.2 Å². The summed E-state index contributed by atoms with van der Waals surface area (Å²) in [6.45, 7) is 0.344. The molecule has 2 aromatic rings. The molecule has 202 valence electrons. The third-order valence-corrected chi connectivity index (χ3v) is 7.05. The number of imide groups is 1. The van der Waals surface area contributed by atoms with Gasteiger partial charge in [-0.05, 0) is 42.3 Å². The summed E-state index contributed by atoms with van der Waals surface area (Å²) in [5.74, 6) is -0.333. The fourth-order valence-electron chi connectivity index (χ4n) is 5.14. The minimum absolute atomic E-state index is 0.0257. The first-order valence-electron chi connectivity index (χ1n) is 12.1. The first-order chi connectivity index (χ1) is 18.6. The van der Waals surface area contributed by atoms with Crippen LogP contribution in [0.1, 0.15) is 35.6 Å². The lowest BCUT2D eigenvalue weighted by Crippen LogP contribution is -2.58. The average molecular weight is 540 g/mol. The van der Waals surface area contributed by atoms with Gasteiger partial charge in [-0.25, -0.2) is 14.5 Å². The summed E-state index contributed by atoms with van der Waals surface area (Å²) in [7, 11) is 1.45. The number of ether oxygens (including phenoxy) is 2. The van der Waals surface area contributed by atoms with Gasteiger partial charge < -0.3 is 14.8 Å². The molecular formula is C27H23F3N4O5. The molecule has 2 aromatic carbocycles. The average Bonchev–Trinajstić information content (AvgIpc) is 3.53. The third kappa shape index (κ3) is 4.75. The number of allylic oxidation sites excluding steroid dienone is 1. The zero-order chi connectivity index (χ0) is 27.9. The van der Waals surface area contributed by atoms with Crippen molar-refractivity contribution in [1.29, 1.82) is 5.26 Å². The van der Waals surface area contributed by atoms with Gasteiger partial charge in [0.05, 0.1) is 48.2 Å². The fourth-order valence-corrected chi connectivity index (χ4v) is 5.14. The predicted octanol–water partition coefficient (Wildman–Crippen LogP) is 4.30. The maximum Gasteiger partial charge on any atom is 0.416 e. The van der Waals surface area contributed by atoms with Crippen molar-refractivity contribution < 1.29 is 37.0 Å². The normalized spacial score (nSPS) is 23.2. The van der Waals surface area contributed by atoms with E-state index in [1.54, 1.807) is 12.1 Å². The monoisotopic (exact) mass is 540 g/mol. The van der Waals surface area contributed by atoms with Gasteiger partial charge in [0, 0.05) is 24.8 Å². The van der Waals surface area contributed by atoms with Gasteiger partial charge in [-0.2, -0.15) is 18.4 Å². The molecule has 9 nitrogen and oxygen atoms in total. The number of anilines is 1. The van der Waals surface area contributed by atoms with E-state index in [1.807, 2.05) is 6.07 Å². The van der Waals surface area contributed by atoms with E-state index in [2.05, 4.69) is 5.32 Å². The second kappa shape index (κ2) is 10.2. The van der Waals surface area contributed by atoms with E-state index in [0.29, 0.717) is 11.1 Å². The summed E-state index contributed by atoms with van der Waals surface area (Å²) in [6, 6.07) is 8.73. The molecule has 0 aromatic heterocycles. The summed E-state index contributed by atoms with van der Waals surface area (Å²) in [4.78, 5) is 42.8. The Hall–Kier alpha value is -4.21. The molecule has 0 spiro atoms. The number of nitrogens with one attached hydrogen (secondary N) is 1. The summed E-state index contributed by atoms with van der Waals surface area (Å²) in [5, 5.41) is 11.9. The molecule has 39 heavy (non-hydrogen) atoms. The highest BCUT2D eigenvalue weighted by Gasteiger charge is 2.49. The van der Waals surface area contributed by atoms with Crippen molar-refractivity contribution in [1.82, 2.24) is 10.2 Å². The number of carbonyl (C=O) groups excluding carboxylic acids is 3. The number of ketones is 1. The number of benzene rings is 2. The summed E-state index contributed by atoms with van der Waals surface area (Å²) >= 11 is 0. The van der Waals surface area contributed by atoms with Gasteiger partial charge in [-0.15, -0.1) is 0 Å². The van der Waals surface area contributed by atoms with Crippen LogP contribution in [0, 0.1) is 11.3 Å². The van der Waals surface area contributed by atoms with Crippen LogP contribution in [0.4, 0.5) is 28.4 Å². The molecule has 0 saturated carbocycles. The van der Waals surface area contributed by atoms with Crippen molar-refractivity contribution >= 4 is 23.5 Å². The molecule has 1 fully saturated rings. The van der Waals surface area contributed by atoms with Crippen LogP contribution >= 0.6 is 0 Å². The van der Waals surface area contributed by atoms with Crippen molar-refractivity contribution in [2.75, 3.05) is 25.2 Å². The van der Waals surface area contributed by atoms with Crippen LogP contribution in [0.25, 0.3) is 0 Å². The smallest absolute Gasteiger partial charge is 0.377 e. The number of alkyl halides is 3. The van der Waals surface area contributed by atoms with Gasteiger partial charge in [0.2, 0.25) is 0 Å². The van der Waals surface area contributed by atoms with Crippen LogP contribution in [-0.2, 0) is 20.4 Å². The number of rotatable bonds is 4. The quantitative estimate of drug-likeness (QED) is 0.619. The van der Waals surface area contributed by atoms with Gasteiger partial charge >= 0.3 is 18.2 Å². The SMILES string of the molecule is CO[C@H]1COC[C@@H]1NC(=O)N1C(=O)N(c2cccc(C(F)(F)F)c2)C2=C(C(=O)CC2)C1c1ccc(C#N)cc1. The standard InChI is InChI=1S/C27H23F3N4O5/c1-38-22-14-39-13-19(22)32-25(36)34-24(16-7-5-15(12-31)6-8-16)23-20(9-10-21(23)35)33(26(34)37)18-4-2-3-17(11-18)27(28,29)30/h2-8,11,19,22,24H,9-10,13-14H2,1H3,(H,32,36)/t19-,22-,24?/m0/s1. The summed E-state index contributed by atoms with van der Waals surface area (Å²) < 4.78 is 51.3. The maximum atomic E-state index is 14.1. The fraction of sp³-hybridized carbons (Fsp3) is 0.333. The number of hydrogen-bond acceptors (Lipinski definition) is 6. The molecule has 1 unspecified atom stereocenters. The molecule has 12 heteroatoms. The van der Waals surface area contributed by atoms with E-state index in [4.69, 9.17) is 9.47 Å². The van der Waals surface area contributed by atoms with Crippen molar-refractivity contribution in [3.05, 3.63) is 76.5 Å². The predicted molar refractivity (Wildman–Crippen MR) is 130 cm³/mol. The maximum absolute atomic E-state index is 14.1. The minimum atomic E-state index is -4.67. The highest BCUT2D eigenvalue weighted by molar-refractivity contribution is 6.12. The molecule has 1 aliphatic carbocycles. The second-order valence-electron chi connectivity index (χ2n) is 9.32. The first-order valence-corrected chi connectivity index (χ1v) is 12.1. The molecule has 0 bridgehead atoms. The van der Waals surface area contributed by atoms with Crippen molar-refractivity contribution in [2.24, 2.45) is 0 Å². The van der Waals surface area contributed by atoms with E-state index < -0.39 is 42.0 Å². The van der Waals surface area contributed by atoms with Crippen LogP contribution in [-0.4, -0.2) is 55.2 Å². The van der Waals surface area contributed by atoms with Gasteiger partial charge in [0.15, 0.2) is 5.78 Å². The third-order valence-electron chi connectivity index (χ3n) is 7.05. The lowest BCUT2D eigenvalue weighted by atomic mass is 9.92. The van der Waals surface area contributed by atoms with E-state index in [1.165, 1.54) is 31.4 Å². The Labute approximate surface area is 221 Å². The Morgan fingerprint density at radius 3 is 2.54 bits per heavy atom. The van der Waals surface area contributed by atoms with Gasteiger partial charge in [0.1, 0.15) is 6.10 Å². The molecule has 2 heterocycles. The molecule has 5 rings (SSSR count). The van der Waals surface area contributed by atoms with E-state index in [-0.39, 0.29) is 48.8 Å². The molecular weight excluding hydrogens is 517 g/mol. The number of nitrogens with zero attached hydrogens (tertiary/aromatic N) is 3. The second-order valence-corrected chi connectivity index (χ2v) is 9.32. The number of halogens is 3. The molecule has 0 radical (unpaired) electrons. The number of Topliss-reactive ketones (excluding diaryl/α,β-unsaturated/α-hetero) is 1. The van der Waals surface area contributed by atoms with Crippen molar-refractivity contribution in [3.63, 3.8) is 0 Å². The minimum Gasteiger partial charge on any atom is -0.377 e. The Morgan fingerprint density at radius 1 is 1.13 bits per heavy atom. The Bertz CT molecular complexity index is 1400. The number of carbonyl (C=O) groups is 3. The largest absolute Gasteiger partial charge is 0.416 e. The van der Waals surface area contributed by atoms with E-state index in [9.17, 15) is 32.8 Å². The molecule has 3 atom stereocenters. The molecule has 1 saturated heterocycles. The summed E-state index contributed by atoms with van der Waals surface area (Å²) in [5.41, 5.74) is 0.0116. The van der Waals surface area contributed by atoms with E-state index >= 15 is 0 Å². The van der Waals surface area contributed by atoms with Crippen LogP contribution < -0.4 is 10.2 Å². The Morgan fingerprint density at radius 2 is 1.87 bits per heavy atom. The number of amides is 4. The van der Waals surface area contributed by atoms with Crippen LogP contribution in [0.2, 0.25) is 0 Å². The lowest BCUT2D eigenvalue weighted by molar-refractivity contribution is -0.137. The van der Waals surface area contributed by atoms with Crippen LogP contribution in [0.5, 0.6) is 0 Å². The van der Waals surface area contributed by atoms with E-state index in [0.717, 1.165) is 21.9 Å². The van der Waals surface area contributed by atoms with Crippen LogP contribution in [0.15, 0.2) is 59.8 Å². The number of urea groups is 2. The van der Waals surface area contributed by atoms with Crippen molar-refractivity contribution in [3.8, 4) is 6.07 Å². The Kier molecular flexibility index (Phi) is 6.88. The lowest BCUT2D eigenvalue weighted by Gasteiger charge is -2.41. The molecule has 1 N–H and O–H groups in total. The van der Waals surface area contributed by atoms with Gasteiger partial charge in [-0.3, -0.25) is 9.69 Å². The zero-order valence-electron chi connectivity index (χ0n) is 20.7. The number of methoxy groups -OCH3 is 1. The van der Waals surface area contributed by atoms with Crippen LogP contribution in [0.3, 0.4) is 0 Å². The molecule has 3 aliphatic rings.